The third-order valence-corrected chi connectivity index (χ3v) is 3.76. The highest BCUT2D eigenvalue weighted by Crippen LogP contribution is 2.21. The number of hydrogen-bond acceptors (Lipinski definition) is 5. The van der Waals surface area contributed by atoms with E-state index in [-0.39, 0.29) is 6.61 Å². The highest BCUT2D eigenvalue weighted by Gasteiger charge is 2.19. The molecule has 0 saturated heterocycles. The lowest BCUT2D eigenvalue weighted by Gasteiger charge is -2.08. The molecule has 1 heterocycles. The normalized spacial score (nSPS) is 17.1. The molecular weight excluding hydrogens is 234 g/mol. The molecule has 17 heavy (non-hydrogen) atoms. The summed E-state index contributed by atoms with van der Waals surface area (Å²) in [5.74, 6) is 0. The Kier molecular flexibility index (Phi) is 4.76. The van der Waals surface area contributed by atoms with Gasteiger partial charge in [0.15, 0.2) is 5.16 Å². The summed E-state index contributed by atoms with van der Waals surface area (Å²) in [7, 11) is 0. The van der Waals surface area contributed by atoms with Gasteiger partial charge in [-0.3, -0.25) is 0 Å². The molecule has 1 aromatic rings. The van der Waals surface area contributed by atoms with E-state index in [1.165, 1.54) is 12.8 Å². The van der Waals surface area contributed by atoms with Crippen LogP contribution in [0, 0.1) is 0 Å². The molecule has 0 amide bonds. The van der Waals surface area contributed by atoms with Crippen LogP contribution in [0.5, 0.6) is 0 Å². The van der Waals surface area contributed by atoms with Gasteiger partial charge in [0.1, 0.15) is 0 Å². The number of aliphatic hydroxyl groups is 1. The summed E-state index contributed by atoms with van der Waals surface area (Å²) < 4.78 is 0. The van der Waals surface area contributed by atoms with Gasteiger partial charge in [0, 0.05) is 42.4 Å². The maximum absolute atomic E-state index is 8.82. The van der Waals surface area contributed by atoms with E-state index in [1.807, 2.05) is 12.4 Å². The summed E-state index contributed by atoms with van der Waals surface area (Å²) in [6, 6.07) is 0.716. The fraction of sp³-hybridized carbons (Fsp3) is 0.667. The second-order valence-electron chi connectivity index (χ2n) is 4.47. The van der Waals surface area contributed by atoms with Gasteiger partial charge in [-0.25, -0.2) is 9.97 Å². The van der Waals surface area contributed by atoms with Crippen molar-refractivity contribution in [2.45, 2.75) is 49.2 Å². The van der Waals surface area contributed by atoms with Gasteiger partial charge in [-0.15, -0.1) is 0 Å². The lowest BCUT2D eigenvalue weighted by atomic mass is 10.3. The standard InChI is InChI=1S/C12H19N3OS/c1-9(4-5-16)17-12-14-7-10(8-15-12)6-13-11-2-3-11/h7-9,11,13,16H,2-6H2,1H3. The van der Waals surface area contributed by atoms with Crippen molar-refractivity contribution in [3.05, 3.63) is 18.0 Å². The minimum absolute atomic E-state index is 0.220. The van der Waals surface area contributed by atoms with Crippen LogP contribution >= 0.6 is 11.8 Å². The Bertz CT molecular complexity index is 340. The Hall–Kier alpha value is -0.650. The molecule has 1 aliphatic rings. The van der Waals surface area contributed by atoms with Gasteiger partial charge in [-0.05, 0) is 19.3 Å². The van der Waals surface area contributed by atoms with Crippen LogP contribution in [0.25, 0.3) is 0 Å². The summed E-state index contributed by atoms with van der Waals surface area (Å²) >= 11 is 1.61. The molecule has 1 fully saturated rings. The van der Waals surface area contributed by atoms with Gasteiger partial charge >= 0.3 is 0 Å². The first-order chi connectivity index (χ1) is 8.28. The Labute approximate surface area is 106 Å². The van der Waals surface area contributed by atoms with Crippen LogP contribution < -0.4 is 5.32 Å². The van der Waals surface area contributed by atoms with Crippen LogP contribution in [0.4, 0.5) is 0 Å². The molecule has 0 radical (unpaired) electrons. The van der Waals surface area contributed by atoms with E-state index in [2.05, 4.69) is 22.2 Å². The Balaban J connectivity index is 1.79. The highest BCUT2D eigenvalue weighted by atomic mass is 32.2. The zero-order valence-corrected chi connectivity index (χ0v) is 10.9. The predicted molar refractivity (Wildman–Crippen MR) is 68.9 cm³/mol. The Morgan fingerprint density at radius 2 is 2.18 bits per heavy atom. The minimum atomic E-state index is 0.220. The predicted octanol–water partition coefficient (Wildman–Crippen LogP) is 1.59. The van der Waals surface area contributed by atoms with Crippen molar-refractivity contribution < 1.29 is 5.11 Å². The van der Waals surface area contributed by atoms with Gasteiger partial charge in [-0.2, -0.15) is 0 Å². The monoisotopic (exact) mass is 253 g/mol. The molecule has 2 N–H and O–H groups in total. The molecule has 94 valence electrons. The second-order valence-corrected chi connectivity index (χ2v) is 5.88. The van der Waals surface area contributed by atoms with Crippen LogP contribution in [0.2, 0.25) is 0 Å². The van der Waals surface area contributed by atoms with Gasteiger partial charge < -0.3 is 10.4 Å². The van der Waals surface area contributed by atoms with Crippen molar-refractivity contribution in [1.29, 1.82) is 0 Å². The topological polar surface area (TPSA) is 58.0 Å². The van der Waals surface area contributed by atoms with Crippen LogP contribution in [0.3, 0.4) is 0 Å². The molecule has 5 heteroatoms. The van der Waals surface area contributed by atoms with Crippen LogP contribution in [0.15, 0.2) is 17.6 Å². The Morgan fingerprint density at radius 1 is 1.47 bits per heavy atom. The third kappa shape index (κ3) is 4.61. The first kappa shape index (κ1) is 12.8. The third-order valence-electron chi connectivity index (χ3n) is 2.70. The van der Waals surface area contributed by atoms with Crippen LogP contribution in [-0.4, -0.2) is 33.0 Å². The SMILES string of the molecule is CC(CCO)Sc1ncc(CNC2CC2)cn1. The number of thioether (sulfide) groups is 1. The average Bonchev–Trinajstić information content (AvgIpc) is 3.12. The van der Waals surface area contributed by atoms with E-state index in [0.29, 0.717) is 11.3 Å². The smallest absolute Gasteiger partial charge is 0.187 e. The van der Waals surface area contributed by atoms with Crippen LogP contribution in [-0.2, 0) is 6.54 Å². The number of aromatic nitrogens is 2. The molecule has 4 nitrogen and oxygen atoms in total. The zero-order valence-electron chi connectivity index (χ0n) is 10.1. The number of aliphatic hydroxyl groups excluding tert-OH is 1. The number of nitrogens with one attached hydrogen (secondary N) is 1. The molecule has 1 atom stereocenters. The van der Waals surface area contributed by atoms with E-state index in [0.717, 1.165) is 23.7 Å². The first-order valence-corrected chi connectivity index (χ1v) is 6.97. The summed E-state index contributed by atoms with van der Waals surface area (Å²) in [4.78, 5) is 8.66. The average molecular weight is 253 g/mol. The van der Waals surface area contributed by atoms with Gasteiger partial charge in [0.05, 0.1) is 0 Å². The lowest BCUT2D eigenvalue weighted by Crippen LogP contribution is -2.15. The largest absolute Gasteiger partial charge is 0.396 e. The highest BCUT2D eigenvalue weighted by molar-refractivity contribution is 7.99. The van der Waals surface area contributed by atoms with Crippen molar-refractivity contribution in [3.8, 4) is 0 Å². The molecule has 1 saturated carbocycles. The Morgan fingerprint density at radius 3 is 2.76 bits per heavy atom. The second kappa shape index (κ2) is 6.33. The van der Waals surface area contributed by atoms with Gasteiger partial charge in [-0.1, -0.05) is 18.7 Å². The van der Waals surface area contributed by atoms with E-state index in [4.69, 9.17) is 5.11 Å². The molecule has 1 aliphatic carbocycles. The molecule has 2 rings (SSSR count). The van der Waals surface area contributed by atoms with E-state index < -0.39 is 0 Å². The molecule has 0 aliphatic heterocycles. The van der Waals surface area contributed by atoms with Crippen molar-refractivity contribution >= 4 is 11.8 Å². The fourth-order valence-electron chi connectivity index (χ4n) is 1.47. The first-order valence-electron chi connectivity index (χ1n) is 6.09. The summed E-state index contributed by atoms with van der Waals surface area (Å²) in [5, 5.41) is 13.4. The fourth-order valence-corrected chi connectivity index (χ4v) is 2.28. The van der Waals surface area contributed by atoms with Crippen molar-refractivity contribution in [3.63, 3.8) is 0 Å². The molecule has 0 aromatic carbocycles. The quantitative estimate of drug-likeness (QED) is 0.571. The zero-order chi connectivity index (χ0) is 12.1. The summed E-state index contributed by atoms with van der Waals surface area (Å²) in [6.07, 6.45) is 7.15. The van der Waals surface area contributed by atoms with Crippen molar-refractivity contribution in [1.82, 2.24) is 15.3 Å². The maximum atomic E-state index is 8.82. The lowest BCUT2D eigenvalue weighted by molar-refractivity contribution is 0.289. The van der Waals surface area contributed by atoms with E-state index >= 15 is 0 Å². The summed E-state index contributed by atoms with van der Waals surface area (Å²) in [6.45, 7) is 3.16. The summed E-state index contributed by atoms with van der Waals surface area (Å²) in [5.41, 5.74) is 1.14. The molecular formula is C12H19N3OS. The van der Waals surface area contributed by atoms with E-state index in [1.54, 1.807) is 11.8 Å². The number of hydrogen-bond donors (Lipinski definition) is 2. The van der Waals surface area contributed by atoms with Crippen molar-refractivity contribution in [2.24, 2.45) is 0 Å². The van der Waals surface area contributed by atoms with Gasteiger partial charge in [0.2, 0.25) is 0 Å². The minimum Gasteiger partial charge on any atom is -0.396 e. The molecule has 0 spiro atoms. The molecule has 1 unspecified atom stereocenters. The maximum Gasteiger partial charge on any atom is 0.187 e. The number of nitrogens with zero attached hydrogens (tertiary/aromatic N) is 2. The molecule has 1 aromatic heterocycles. The van der Waals surface area contributed by atoms with Crippen LogP contribution in [0.1, 0.15) is 31.7 Å². The van der Waals surface area contributed by atoms with E-state index in [9.17, 15) is 0 Å². The van der Waals surface area contributed by atoms with Crippen molar-refractivity contribution in [2.75, 3.05) is 6.61 Å². The molecule has 0 bridgehead atoms. The number of rotatable bonds is 7. The van der Waals surface area contributed by atoms with Gasteiger partial charge in [0.25, 0.3) is 0 Å².